The zero-order chi connectivity index (χ0) is 10.1. The molecule has 2 aromatic rings. The highest BCUT2D eigenvalue weighted by molar-refractivity contribution is 5.72. The Morgan fingerprint density at radius 1 is 1.43 bits per heavy atom. The minimum Gasteiger partial charge on any atom is -0.463 e. The summed E-state index contributed by atoms with van der Waals surface area (Å²) in [7, 11) is 0. The second kappa shape index (κ2) is 3.42. The molecule has 74 valence electrons. The zero-order valence-corrected chi connectivity index (χ0v) is 8.40. The number of hydrogen-bond acceptors (Lipinski definition) is 3. The monoisotopic (exact) mass is 190 g/mol. The van der Waals surface area contributed by atoms with E-state index in [1.165, 1.54) is 0 Å². The van der Waals surface area contributed by atoms with Crippen molar-refractivity contribution in [2.24, 2.45) is 11.7 Å². The molecule has 0 fully saturated rings. The Hall–Kier alpha value is -1.35. The van der Waals surface area contributed by atoms with Gasteiger partial charge in [0.15, 0.2) is 5.58 Å². The Morgan fingerprint density at radius 2 is 2.21 bits per heavy atom. The highest BCUT2D eigenvalue weighted by Crippen LogP contribution is 2.22. The molecule has 2 aromatic heterocycles. The van der Waals surface area contributed by atoms with Crippen molar-refractivity contribution in [2.45, 2.75) is 19.9 Å². The van der Waals surface area contributed by atoms with Gasteiger partial charge in [0.25, 0.3) is 0 Å². The molecule has 0 aliphatic rings. The fourth-order valence-corrected chi connectivity index (χ4v) is 1.43. The van der Waals surface area contributed by atoms with Crippen molar-refractivity contribution in [1.82, 2.24) is 4.98 Å². The van der Waals surface area contributed by atoms with Gasteiger partial charge in [-0.15, -0.1) is 0 Å². The van der Waals surface area contributed by atoms with E-state index in [1.807, 2.05) is 18.3 Å². The first-order chi connectivity index (χ1) is 6.68. The first-order valence-electron chi connectivity index (χ1n) is 4.77. The molecule has 0 bridgehead atoms. The molecule has 2 heterocycles. The second-order valence-corrected chi connectivity index (χ2v) is 3.84. The van der Waals surface area contributed by atoms with Crippen molar-refractivity contribution in [3.63, 3.8) is 0 Å². The summed E-state index contributed by atoms with van der Waals surface area (Å²) in [6, 6.07) is 3.84. The van der Waals surface area contributed by atoms with Gasteiger partial charge in [-0.25, -0.2) is 0 Å². The van der Waals surface area contributed by atoms with E-state index in [4.69, 9.17) is 10.2 Å². The maximum atomic E-state index is 6.02. The first kappa shape index (κ1) is 9.21. The summed E-state index contributed by atoms with van der Waals surface area (Å²) in [5.41, 5.74) is 8.73. The van der Waals surface area contributed by atoms with E-state index < -0.39 is 0 Å². The van der Waals surface area contributed by atoms with Crippen molar-refractivity contribution < 1.29 is 4.42 Å². The van der Waals surface area contributed by atoms with Crippen LogP contribution in [0.25, 0.3) is 11.1 Å². The van der Waals surface area contributed by atoms with Crippen molar-refractivity contribution in [3.8, 4) is 0 Å². The molecular formula is C11H14N2O. The van der Waals surface area contributed by atoms with Gasteiger partial charge < -0.3 is 10.2 Å². The number of aromatic nitrogens is 1. The van der Waals surface area contributed by atoms with Gasteiger partial charge in [0.2, 0.25) is 0 Å². The van der Waals surface area contributed by atoms with Crippen LogP contribution in [0.5, 0.6) is 0 Å². The van der Waals surface area contributed by atoms with E-state index in [-0.39, 0.29) is 6.04 Å². The number of furan rings is 1. The van der Waals surface area contributed by atoms with E-state index in [2.05, 4.69) is 18.8 Å². The molecule has 3 heteroatoms. The molecule has 14 heavy (non-hydrogen) atoms. The second-order valence-electron chi connectivity index (χ2n) is 3.84. The van der Waals surface area contributed by atoms with Gasteiger partial charge in [-0.1, -0.05) is 13.8 Å². The minimum atomic E-state index is 0.0250. The number of nitrogens with two attached hydrogens (primary N) is 1. The van der Waals surface area contributed by atoms with Crippen molar-refractivity contribution in [2.75, 3.05) is 0 Å². The van der Waals surface area contributed by atoms with Crippen LogP contribution in [0.15, 0.2) is 29.0 Å². The van der Waals surface area contributed by atoms with Crippen LogP contribution >= 0.6 is 0 Å². The van der Waals surface area contributed by atoms with Crippen LogP contribution in [-0.4, -0.2) is 4.98 Å². The van der Waals surface area contributed by atoms with Crippen LogP contribution in [0, 0.1) is 5.92 Å². The molecule has 0 spiro atoms. The van der Waals surface area contributed by atoms with Crippen LogP contribution in [0.1, 0.15) is 25.5 Å². The van der Waals surface area contributed by atoms with Crippen molar-refractivity contribution in [3.05, 3.63) is 30.2 Å². The fourth-order valence-electron chi connectivity index (χ4n) is 1.43. The lowest BCUT2D eigenvalue weighted by molar-refractivity contribution is 0.512. The van der Waals surface area contributed by atoms with E-state index in [0.717, 1.165) is 16.7 Å². The molecule has 2 N–H and O–H groups in total. The molecule has 0 unspecified atom stereocenters. The Bertz CT molecular complexity index is 434. The molecule has 0 aromatic carbocycles. The predicted octanol–water partition coefficient (Wildman–Crippen LogP) is 2.48. The van der Waals surface area contributed by atoms with Crippen LogP contribution in [0.2, 0.25) is 0 Å². The van der Waals surface area contributed by atoms with Crippen molar-refractivity contribution in [1.29, 1.82) is 0 Å². The van der Waals surface area contributed by atoms with Gasteiger partial charge in [-0.2, -0.15) is 0 Å². The average molecular weight is 190 g/mol. The molecular weight excluding hydrogens is 176 g/mol. The van der Waals surface area contributed by atoms with Crippen LogP contribution < -0.4 is 5.73 Å². The summed E-state index contributed by atoms with van der Waals surface area (Å²) in [4.78, 5) is 4.27. The van der Waals surface area contributed by atoms with Crippen molar-refractivity contribution >= 4 is 11.1 Å². The first-order valence-corrected chi connectivity index (χ1v) is 4.77. The lowest BCUT2D eigenvalue weighted by Crippen LogP contribution is -2.16. The summed E-state index contributed by atoms with van der Waals surface area (Å²) in [5, 5.41) is 0. The summed E-state index contributed by atoms with van der Waals surface area (Å²) in [6.45, 7) is 4.19. The van der Waals surface area contributed by atoms with Crippen LogP contribution in [-0.2, 0) is 0 Å². The Labute approximate surface area is 82.9 Å². The Morgan fingerprint density at radius 3 is 2.93 bits per heavy atom. The number of fused-ring (bicyclic) bond motifs is 1. The number of rotatable bonds is 2. The average Bonchev–Trinajstić information content (AvgIpc) is 2.62. The van der Waals surface area contributed by atoms with Gasteiger partial charge >= 0.3 is 0 Å². The molecule has 0 aliphatic carbocycles. The fraction of sp³-hybridized carbons (Fsp3) is 0.364. The van der Waals surface area contributed by atoms with E-state index in [1.54, 1.807) is 6.26 Å². The van der Waals surface area contributed by atoms with Gasteiger partial charge in [-0.05, 0) is 17.5 Å². The number of hydrogen-bond donors (Lipinski definition) is 1. The van der Waals surface area contributed by atoms with E-state index >= 15 is 0 Å². The molecule has 0 aliphatic heterocycles. The molecule has 0 amide bonds. The van der Waals surface area contributed by atoms with Crippen LogP contribution in [0.4, 0.5) is 0 Å². The van der Waals surface area contributed by atoms with Gasteiger partial charge in [0.05, 0.1) is 6.26 Å². The maximum absolute atomic E-state index is 6.02. The smallest absolute Gasteiger partial charge is 0.152 e. The molecule has 2 rings (SSSR count). The highest BCUT2D eigenvalue weighted by Gasteiger charge is 2.11. The SMILES string of the molecule is CC(C)[C@@H](N)c1cnc2ccoc2c1. The topological polar surface area (TPSA) is 52.0 Å². The third-order valence-corrected chi connectivity index (χ3v) is 2.43. The van der Waals surface area contributed by atoms with Crippen LogP contribution in [0.3, 0.4) is 0 Å². The summed E-state index contributed by atoms with van der Waals surface area (Å²) < 4.78 is 5.27. The van der Waals surface area contributed by atoms with Gasteiger partial charge in [0.1, 0.15) is 5.52 Å². The summed E-state index contributed by atoms with van der Waals surface area (Å²) >= 11 is 0. The van der Waals surface area contributed by atoms with Gasteiger partial charge in [-0.3, -0.25) is 4.98 Å². The highest BCUT2D eigenvalue weighted by atomic mass is 16.3. The maximum Gasteiger partial charge on any atom is 0.152 e. The molecule has 1 atom stereocenters. The quantitative estimate of drug-likeness (QED) is 0.791. The van der Waals surface area contributed by atoms with E-state index in [0.29, 0.717) is 5.92 Å². The summed E-state index contributed by atoms with van der Waals surface area (Å²) in [6.07, 6.45) is 3.46. The Balaban J connectivity index is 2.43. The Kier molecular flexibility index (Phi) is 2.25. The summed E-state index contributed by atoms with van der Waals surface area (Å²) in [5.74, 6) is 0.407. The lowest BCUT2D eigenvalue weighted by atomic mass is 9.98. The minimum absolute atomic E-state index is 0.0250. The largest absolute Gasteiger partial charge is 0.463 e. The molecule has 0 radical (unpaired) electrons. The third kappa shape index (κ3) is 1.51. The zero-order valence-electron chi connectivity index (χ0n) is 8.40. The standard InChI is InChI=1S/C11H14N2O/c1-7(2)11(12)8-5-10-9(13-6-8)3-4-14-10/h3-7,11H,12H2,1-2H3/t11-/m1/s1. The molecule has 0 saturated carbocycles. The van der Waals surface area contributed by atoms with Gasteiger partial charge in [0, 0.05) is 18.3 Å². The number of pyridine rings is 1. The predicted molar refractivity (Wildman–Crippen MR) is 55.8 cm³/mol. The lowest BCUT2D eigenvalue weighted by Gasteiger charge is -2.14. The van der Waals surface area contributed by atoms with E-state index in [9.17, 15) is 0 Å². The number of nitrogens with zero attached hydrogens (tertiary/aromatic N) is 1. The third-order valence-electron chi connectivity index (χ3n) is 2.43. The molecule has 3 nitrogen and oxygen atoms in total. The molecule has 0 saturated heterocycles. The normalized spacial score (nSPS) is 13.7.